The Labute approximate surface area is 194 Å². The van der Waals surface area contributed by atoms with Crippen molar-refractivity contribution in [1.29, 1.82) is 0 Å². The molecule has 0 aliphatic heterocycles. The molecule has 6 nitrogen and oxygen atoms in total. The van der Waals surface area contributed by atoms with Crippen LogP contribution < -0.4 is 24.3 Å². The normalized spacial score (nSPS) is 11.8. The number of methoxy groups -OCH3 is 1. The molecular weight excluding hydrogens is 436 g/mol. The molecule has 33 heavy (non-hydrogen) atoms. The molecule has 0 spiro atoms. The summed E-state index contributed by atoms with van der Waals surface area (Å²) < 4.78 is 19.0. The fraction of sp³-hybridized carbons (Fsp3) is 0.154. The zero-order valence-corrected chi connectivity index (χ0v) is 18.9. The van der Waals surface area contributed by atoms with Gasteiger partial charge < -0.3 is 14.2 Å². The molecule has 7 heteroatoms. The van der Waals surface area contributed by atoms with Crippen LogP contribution in [0.1, 0.15) is 12.0 Å². The van der Waals surface area contributed by atoms with Crippen LogP contribution in [0.2, 0.25) is 0 Å². The number of ether oxygens (including phenoxy) is 3. The number of hydrogen-bond acceptors (Lipinski definition) is 6. The molecular formula is C26H22N2O4S. The van der Waals surface area contributed by atoms with Gasteiger partial charge in [-0.1, -0.05) is 35.6 Å². The van der Waals surface area contributed by atoms with Gasteiger partial charge in [-0.3, -0.25) is 4.79 Å². The molecule has 0 aliphatic carbocycles. The first kappa shape index (κ1) is 21.0. The summed E-state index contributed by atoms with van der Waals surface area (Å²) in [5.41, 5.74) is 2.58. The number of rotatable bonds is 8. The summed E-state index contributed by atoms with van der Waals surface area (Å²) in [6.07, 6.45) is 2.66. The lowest BCUT2D eigenvalue weighted by molar-refractivity contribution is 0.247. The summed E-state index contributed by atoms with van der Waals surface area (Å²) >= 11 is 1.40. The van der Waals surface area contributed by atoms with Crippen LogP contribution in [0, 0.1) is 0 Å². The first-order valence-electron chi connectivity index (χ1n) is 10.6. The van der Waals surface area contributed by atoms with E-state index in [1.165, 1.54) is 11.3 Å². The number of aromatic nitrogens is 2. The van der Waals surface area contributed by atoms with Crippen molar-refractivity contribution in [2.24, 2.45) is 0 Å². The Hall–Kier alpha value is -3.84. The average molecular weight is 459 g/mol. The third-order valence-electron chi connectivity index (χ3n) is 5.21. The van der Waals surface area contributed by atoms with Crippen LogP contribution in [0.5, 0.6) is 17.2 Å². The fourth-order valence-electron chi connectivity index (χ4n) is 3.53. The summed E-state index contributed by atoms with van der Waals surface area (Å²) in [5, 5.41) is 0. The van der Waals surface area contributed by atoms with E-state index in [1.54, 1.807) is 11.5 Å². The van der Waals surface area contributed by atoms with Crippen LogP contribution in [0.4, 0.5) is 0 Å². The van der Waals surface area contributed by atoms with Crippen molar-refractivity contribution in [3.8, 4) is 17.2 Å². The standard InChI is InChI=1S/C26H22N2O4S/c1-30-19-11-13-21(14-12-19)32-16-4-15-31-20-9-7-18(8-10-20)17-24-25(29)28-23-6-3-2-5-22(23)27-26(28)33-24/h2-3,5-14,17H,4,15-16H2,1H3. The molecule has 3 aromatic carbocycles. The summed E-state index contributed by atoms with van der Waals surface area (Å²) in [5.74, 6) is 2.40. The molecule has 0 radical (unpaired) electrons. The van der Waals surface area contributed by atoms with E-state index < -0.39 is 0 Å². The zero-order valence-electron chi connectivity index (χ0n) is 18.1. The molecule has 5 rings (SSSR count). The molecule has 5 aromatic rings. The van der Waals surface area contributed by atoms with E-state index in [1.807, 2.05) is 78.9 Å². The first-order valence-corrected chi connectivity index (χ1v) is 11.4. The third-order valence-corrected chi connectivity index (χ3v) is 6.18. The fourth-order valence-corrected chi connectivity index (χ4v) is 4.52. The maximum Gasteiger partial charge on any atom is 0.274 e. The summed E-state index contributed by atoms with van der Waals surface area (Å²) in [6.45, 7) is 1.12. The van der Waals surface area contributed by atoms with E-state index in [0.29, 0.717) is 22.7 Å². The summed E-state index contributed by atoms with van der Waals surface area (Å²) in [4.78, 5) is 18.1. The number of fused-ring (bicyclic) bond motifs is 3. The lowest BCUT2D eigenvalue weighted by Gasteiger charge is -2.08. The van der Waals surface area contributed by atoms with Crippen LogP contribution in [-0.2, 0) is 0 Å². The SMILES string of the molecule is COc1ccc(OCCCOc2ccc(C=c3sc4nc5ccccc5n4c3=O)cc2)cc1. The number of hydrogen-bond donors (Lipinski definition) is 0. The van der Waals surface area contributed by atoms with Gasteiger partial charge in [-0.2, -0.15) is 0 Å². The third kappa shape index (κ3) is 4.54. The van der Waals surface area contributed by atoms with Gasteiger partial charge in [-0.15, -0.1) is 0 Å². The van der Waals surface area contributed by atoms with Crippen LogP contribution >= 0.6 is 11.3 Å². The second kappa shape index (κ2) is 9.34. The van der Waals surface area contributed by atoms with Gasteiger partial charge >= 0.3 is 0 Å². The van der Waals surface area contributed by atoms with Crippen molar-refractivity contribution < 1.29 is 14.2 Å². The number of imidazole rings is 1. The number of nitrogens with zero attached hydrogens (tertiary/aromatic N) is 2. The van der Waals surface area contributed by atoms with Crippen molar-refractivity contribution in [2.75, 3.05) is 20.3 Å². The maximum absolute atomic E-state index is 12.9. The van der Waals surface area contributed by atoms with Gasteiger partial charge in [-0.25, -0.2) is 9.38 Å². The molecule has 0 fully saturated rings. The van der Waals surface area contributed by atoms with Gasteiger partial charge in [0.15, 0.2) is 4.96 Å². The Bertz CT molecular complexity index is 1490. The molecule has 0 saturated carbocycles. The molecule has 0 unspecified atom stereocenters. The van der Waals surface area contributed by atoms with Crippen LogP contribution in [-0.4, -0.2) is 29.7 Å². The minimum Gasteiger partial charge on any atom is -0.497 e. The molecule has 2 aromatic heterocycles. The predicted molar refractivity (Wildman–Crippen MR) is 131 cm³/mol. The van der Waals surface area contributed by atoms with E-state index in [2.05, 4.69) is 4.98 Å². The van der Waals surface area contributed by atoms with Crippen LogP contribution in [0.25, 0.3) is 22.1 Å². The molecule has 0 aliphatic rings. The Balaban J connectivity index is 1.19. The lowest BCUT2D eigenvalue weighted by Crippen LogP contribution is -2.22. The van der Waals surface area contributed by atoms with E-state index in [9.17, 15) is 4.79 Å². The quantitative estimate of drug-likeness (QED) is 0.324. The topological polar surface area (TPSA) is 62.1 Å². The second-order valence-electron chi connectivity index (χ2n) is 7.43. The van der Waals surface area contributed by atoms with Crippen molar-refractivity contribution >= 4 is 33.4 Å². The first-order chi connectivity index (χ1) is 16.2. The highest BCUT2D eigenvalue weighted by atomic mass is 32.1. The van der Waals surface area contributed by atoms with E-state index in [0.717, 1.165) is 40.3 Å². The Kier molecular flexibility index (Phi) is 5.95. The van der Waals surface area contributed by atoms with Crippen molar-refractivity contribution in [3.63, 3.8) is 0 Å². The maximum atomic E-state index is 12.9. The minimum absolute atomic E-state index is 0.0408. The summed E-state index contributed by atoms with van der Waals surface area (Å²) in [7, 11) is 1.64. The van der Waals surface area contributed by atoms with Gasteiger partial charge in [0.05, 0.1) is 35.9 Å². The van der Waals surface area contributed by atoms with Gasteiger partial charge in [-0.05, 0) is 60.2 Å². The lowest BCUT2D eigenvalue weighted by atomic mass is 10.2. The highest BCUT2D eigenvalue weighted by molar-refractivity contribution is 7.15. The smallest absolute Gasteiger partial charge is 0.274 e. The van der Waals surface area contributed by atoms with Crippen molar-refractivity contribution in [3.05, 3.63) is 93.2 Å². The highest BCUT2D eigenvalue weighted by Crippen LogP contribution is 2.18. The second-order valence-corrected chi connectivity index (χ2v) is 8.44. The molecule has 166 valence electrons. The van der Waals surface area contributed by atoms with Gasteiger partial charge in [0.25, 0.3) is 5.56 Å². The van der Waals surface area contributed by atoms with Crippen LogP contribution in [0.15, 0.2) is 77.6 Å². The van der Waals surface area contributed by atoms with Gasteiger partial charge in [0.2, 0.25) is 0 Å². The number of benzene rings is 3. The Morgan fingerprint density at radius 2 is 1.52 bits per heavy atom. The van der Waals surface area contributed by atoms with Crippen molar-refractivity contribution in [1.82, 2.24) is 9.38 Å². The monoisotopic (exact) mass is 458 g/mol. The minimum atomic E-state index is -0.0408. The van der Waals surface area contributed by atoms with E-state index in [-0.39, 0.29) is 5.56 Å². The van der Waals surface area contributed by atoms with Crippen LogP contribution in [0.3, 0.4) is 0 Å². The molecule has 0 atom stereocenters. The molecule has 0 saturated heterocycles. The summed E-state index contributed by atoms with van der Waals surface area (Å²) in [6, 6.07) is 22.9. The molecule has 0 bridgehead atoms. The predicted octanol–water partition coefficient (Wildman–Crippen LogP) is 4.31. The van der Waals surface area contributed by atoms with E-state index >= 15 is 0 Å². The molecule has 0 N–H and O–H groups in total. The Morgan fingerprint density at radius 3 is 2.21 bits per heavy atom. The Morgan fingerprint density at radius 1 is 0.879 bits per heavy atom. The average Bonchev–Trinajstić information content (AvgIpc) is 3.36. The molecule has 2 heterocycles. The number of para-hydroxylation sites is 2. The van der Waals surface area contributed by atoms with Crippen molar-refractivity contribution in [2.45, 2.75) is 6.42 Å². The molecule has 0 amide bonds. The van der Waals surface area contributed by atoms with Gasteiger partial charge in [0.1, 0.15) is 17.2 Å². The zero-order chi connectivity index (χ0) is 22.6. The highest BCUT2D eigenvalue weighted by Gasteiger charge is 2.10. The largest absolute Gasteiger partial charge is 0.497 e. The van der Waals surface area contributed by atoms with E-state index in [4.69, 9.17) is 14.2 Å². The van der Waals surface area contributed by atoms with Gasteiger partial charge in [0, 0.05) is 6.42 Å². The number of thiazole rings is 1.